The normalized spacial score (nSPS) is 15.3. The third kappa shape index (κ3) is 7.92. The van der Waals surface area contributed by atoms with Gasteiger partial charge in [0.15, 0.2) is 0 Å². The number of rotatable bonds is 7. The second-order valence-electron chi connectivity index (χ2n) is 10.7. The van der Waals surface area contributed by atoms with Crippen LogP contribution < -0.4 is 10.2 Å². The van der Waals surface area contributed by atoms with E-state index in [0.717, 1.165) is 49.5 Å². The first-order valence-corrected chi connectivity index (χ1v) is 12.1. The predicted octanol–water partition coefficient (Wildman–Crippen LogP) is 5.29. The van der Waals surface area contributed by atoms with Crippen molar-refractivity contribution < 1.29 is 9.59 Å². The molecule has 0 spiro atoms. The molecule has 0 aromatic heterocycles. The Kier molecular flexibility index (Phi) is 8.17. The fourth-order valence-corrected chi connectivity index (χ4v) is 4.72. The number of hydrogen-bond acceptors (Lipinski definition) is 3. The zero-order chi connectivity index (χ0) is 24.0. The molecule has 0 aliphatic carbocycles. The average molecular weight is 450 g/mol. The van der Waals surface area contributed by atoms with Crippen LogP contribution in [-0.4, -0.2) is 42.9 Å². The lowest BCUT2D eigenvalue weighted by Gasteiger charge is -2.36. The number of hydrogen-bond donors (Lipinski definition) is 1. The van der Waals surface area contributed by atoms with Crippen LogP contribution in [0.5, 0.6) is 0 Å². The summed E-state index contributed by atoms with van der Waals surface area (Å²) in [5.74, 6) is 0.619. The van der Waals surface area contributed by atoms with Gasteiger partial charge in [-0.05, 0) is 54.5 Å². The average Bonchev–Trinajstić information content (AvgIpc) is 2.73. The van der Waals surface area contributed by atoms with Gasteiger partial charge in [0.05, 0.1) is 6.42 Å². The van der Waals surface area contributed by atoms with E-state index in [2.05, 4.69) is 69.1 Å². The molecule has 2 amide bonds. The van der Waals surface area contributed by atoms with Crippen LogP contribution in [0.4, 0.5) is 11.4 Å². The molecule has 1 unspecified atom stereocenters. The van der Waals surface area contributed by atoms with Gasteiger partial charge in [0.1, 0.15) is 0 Å². The Labute approximate surface area is 199 Å². The van der Waals surface area contributed by atoms with Crippen LogP contribution in [0.2, 0.25) is 0 Å². The van der Waals surface area contributed by atoms with Crippen molar-refractivity contribution in [3.05, 3.63) is 59.7 Å². The Morgan fingerprint density at radius 2 is 1.67 bits per heavy atom. The number of nitrogens with zero attached hydrogens (tertiary/aromatic N) is 2. The molecule has 1 fully saturated rings. The smallest absolute Gasteiger partial charge is 0.227 e. The zero-order valence-electron chi connectivity index (χ0n) is 20.9. The van der Waals surface area contributed by atoms with Crippen LogP contribution in [0, 0.1) is 18.3 Å². The lowest BCUT2D eigenvalue weighted by atomic mass is 9.84. The SMILES string of the molecule is Cc1cccc(CC(=O)N2CCN(c3ccc(NC(=O)CC(C)CC(C)(C)C)cc3)CC2)c1. The van der Waals surface area contributed by atoms with Gasteiger partial charge in [0, 0.05) is 44.0 Å². The van der Waals surface area contributed by atoms with E-state index in [1.165, 1.54) is 5.56 Å². The molecule has 0 saturated carbocycles. The van der Waals surface area contributed by atoms with Gasteiger partial charge in [0.25, 0.3) is 0 Å². The van der Waals surface area contributed by atoms with Crippen molar-refractivity contribution in [3.8, 4) is 0 Å². The summed E-state index contributed by atoms with van der Waals surface area (Å²) in [5.41, 5.74) is 4.45. The number of amides is 2. The van der Waals surface area contributed by atoms with Crippen LogP contribution >= 0.6 is 0 Å². The molecule has 1 heterocycles. The van der Waals surface area contributed by atoms with Crippen molar-refractivity contribution >= 4 is 23.2 Å². The van der Waals surface area contributed by atoms with E-state index >= 15 is 0 Å². The van der Waals surface area contributed by atoms with Crippen LogP contribution in [0.15, 0.2) is 48.5 Å². The molecule has 0 bridgehead atoms. The largest absolute Gasteiger partial charge is 0.368 e. The van der Waals surface area contributed by atoms with Gasteiger partial charge in [-0.2, -0.15) is 0 Å². The molecule has 2 aromatic carbocycles. The van der Waals surface area contributed by atoms with Gasteiger partial charge < -0.3 is 15.1 Å². The molecule has 1 aliphatic rings. The lowest BCUT2D eigenvalue weighted by molar-refractivity contribution is -0.130. The second kappa shape index (κ2) is 10.9. The third-order valence-electron chi connectivity index (χ3n) is 6.08. The molecule has 33 heavy (non-hydrogen) atoms. The maximum atomic E-state index is 12.7. The summed E-state index contributed by atoms with van der Waals surface area (Å²) in [5, 5.41) is 3.03. The van der Waals surface area contributed by atoms with E-state index in [1.807, 2.05) is 29.2 Å². The number of anilines is 2. The Hall–Kier alpha value is -2.82. The van der Waals surface area contributed by atoms with Gasteiger partial charge in [-0.3, -0.25) is 9.59 Å². The fourth-order valence-electron chi connectivity index (χ4n) is 4.72. The third-order valence-corrected chi connectivity index (χ3v) is 6.08. The number of carbonyl (C=O) groups excluding carboxylic acids is 2. The second-order valence-corrected chi connectivity index (χ2v) is 10.7. The molecule has 1 N–H and O–H groups in total. The summed E-state index contributed by atoms with van der Waals surface area (Å²) < 4.78 is 0. The van der Waals surface area contributed by atoms with E-state index in [0.29, 0.717) is 18.8 Å². The Balaban J connectivity index is 1.46. The number of carbonyl (C=O) groups is 2. The molecule has 5 nitrogen and oxygen atoms in total. The summed E-state index contributed by atoms with van der Waals surface area (Å²) in [4.78, 5) is 29.3. The maximum absolute atomic E-state index is 12.7. The molecule has 3 rings (SSSR count). The lowest BCUT2D eigenvalue weighted by Crippen LogP contribution is -2.49. The standard InChI is InChI=1S/C28H39N3O2/c1-21-7-6-8-23(17-21)19-27(33)31-15-13-30(14-16-31)25-11-9-24(10-12-25)29-26(32)18-22(2)20-28(3,4)5/h6-12,17,22H,13-16,18-20H2,1-5H3,(H,29,32). The van der Waals surface area contributed by atoms with Crippen molar-refractivity contribution in [2.24, 2.45) is 11.3 Å². The Morgan fingerprint density at radius 3 is 2.27 bits per heavy atom. The minimum Gasteiger partial charge on any atom is -0.368 e. The molecule has 1 saturated heterocycles. The molecule has 0 radical (unpaired) electrons. The molecule has 178 valence electrons. The predicted molar refractivity (Wildman–Crippen MR) is 137 cm³/mol. The molecule has 2 aromatic rings. The van der Waals surface area contributed by atoms with E-state index in [4.69, 9.17) is 0 Å². The van der Waals surface area contributed by atoms with E-state index in [9.17, 15) is 9.59 Å². The highest BCUT2D eigenvalue weighted by Crippen LogP contribution is 2.26. The summed E-state index contributed by atoms with van der Waals surface area (Å²) in [6.07, 6.45) is 2.03. The Bertz CT molecular complexity index is 938. The van der Waals surface area contributed by atoms with E-state index in [1.54, 1.807) is 0 Å². The van der Waals surface area contributed by atoms with Crippen molar-refractivity contribution in [1.29, 1.82) is 0 Å². The van der Waals surface area contributed by atoms with Gasteiger partial charge in [0.2, 0.25) is 11.8 Å². The quantitative estimate of drug-likeness (QED) is 0.625. The van der Waals surface area contributed by atoms with Crippen molar-refractivity contribution in [2.75, 3.05) is 36.4 Å². The highest BCUT2D eigenvalue weighted by atomic mass is 16.2. The summed E-state index contributed by atoms with van der Waals surface area (Å²) >= 11 is 0. The maximum Gasteiger partial charge on any atom is 0.227 e. The monoisotopic (exact) mass is 449 g/mol. The van der Waals surface area contributed by atoms with Crippen molar-refractivity contribution in [2.45, 2.75) is 53.9 Å². The fraction of sp³-hybridized carbons (Fsp3) is 0.500. The van der Waals surface area contributed by atoms with Crippen molar-refractivity contribution in [1.82, 2.24) is 4.90 Å². The van der Waals surface area contributed by atoms with Crippen LogP contribution in [0.25, 0.3) is 0 Å². The summed E-state index contributed by atoms with van der Waals surface area (Å²) in [6.45, 7) is 13.9. The minimum atomic E-state index is 0.0697. The minimum absolute atomic E-state index is 0.0697. The molecule has 5 heteroatoms. The first-order chi connectivity index (χ1) is 15.6. The van der Waals surface area contributed by atoms with Gasteiger partial charge in [-0.15, -0.1) is 0 Å². The number of aryl methyl sites for hydroxylation is 1. The highest BCUT2D eigenvalue weighted by molar-refractivity contribution is 5.91. The van der Waals surface area contributed by atoms with Gasteiger partial charge in [-0.1, -0.05) is 57.5 Å². The highest BCUT2D eigenvalue weighted by Gasteiger charge is 2.22. The zero-order valence-corrected chi connectivity index (χ0v) is 20.9. The first-order valence-electron chi connectivity index (χ1n) is 12.1. The van der Waals surface area contributed by atoms with Gasteiger partial charge in [-0.25, -0.2) is 0 Å². The van der Waals surface area contributed by atoms with Crippen LogP contribution in [0.1, 0.15) is 51.7 Å². The van der Waals surface area contributed by atoms with E-state index in [-0.39, 0.29) is 17.2 Å². The molecule has 1 atom stereocenters. The number of piperazine rings is 1. The topological polar surface area (TPSA) is 52.7 Å². The van der Waals surface area contributed by atoms with E-state index < -0.39 is 0 Å². The van der Waals surface area contributed by atoms with Crippen molar-refractivity contribution in [3.63, 3.8) is 0 Å². The van der Waals surface area contributed by atoms with Crippen LogP contribution in [-0.2, 0) is 16.0 Å². The molecular formula is C28H39N3O2. The Morgan fingerprint density at radius 1 is 1.00 bits per heavy atom. The van der Waals surface area contributed by atoms with Gasteiger partial charge >= 0.3 is 0 Å². The summed E-state index contributed by atoms with van der Waals surface area (Å²) in [6, 6.07) is 16.2. The van der Waals surface area contributed by atoms with Crippen LogP contribution in [0.3, 0.4) is 0 Å². The molecule has 1 aliphatic heterocycles. The number of nitrogens with one attached hydrogen (secondary N) is 1. The number of benzene rings is 2. The first kappa shape index (κ1) is 24.8. The summed E-state index contributed by atoms with van der Waals surface area (Å²) in [7, 11) is 0. The molecular weight excluding hydrogens is 410 g/mol.